The van der Waals surface area contributed by atoms with Crippen LogP contribution in [0.25, 0.3) is 0 Å². The molecule has 0 radical (unpaired) electrons. The summed E-state index contributed by atoms with van der Waals surface area (Å²) in [6.07, 6.45) is 9.15. The Morgan fingerprint density at radius 1 is 1.17 bits per heavy atom. The van der Waals surface area contributed by atoms with E-state index in [2.05, 4.69) is 18.3 Å². The predicted octanol–water partition coefficient (Wildman–Crippen LogP) is 3.87. The van der Waals surface area contributed by atoms with Crippen molar-refractivity contribution in [1.82, 2.24) is 5.32 Å². The first-order chi connectivity index (χ1) is 11.5. The Morgan fingerprint density at radius 2 is 1.83 bits per heavy atom. The summed E-state index contributed by atoms with van der Waals surface area (Å²) in [5.41, 5.74) is 2.62. The topological polar surface area (TPSA) is 49.3 Å². The molecular weight excluding hydrogens is 298 g/mol. The van der Waals surface area contributed by atoms with Crippen LogP contribution in [0.4, 0.5) is 0 Å². The van der Waals surface area contributed by atoms with Crippen LogP contribution in [0.3, 0.4) is 0 Å². The molecule has 1 amide bonds. The van der Waals surface area contributed by atoms with Crippen LogP contribution in [-0.4, -0.2) is 23.2 Å². The third kappa shape index (κ3) is 4.00. The van der Waals surface area contributed by atoms with Crippen LogP contribution in [0, 0.1) is 11.8 Å². The monoisotopic (exact) mass is 329 g/mol. The molecule has 1 unspecified atom stereocenters. The van der Waals surface area contributed by atoms with Gasteiger partial charge in [-0.25, -0.2) is 0 Å². The van der Waals surface area contributed by atoms with Crippen molar-refractivity contribution < 1.29 is 9.90 Å². The van der Waals surface area contributed by atoms with Crippen LogP contribution in [0.5, 0.6) is 0 Å². The van der Waals surface area contributed by atoms with Crippen LogP contribution in [0.1, 0.15) is 73.9 Å². The van der Waals surface area contributed by atoms with Gasteiger partial charge < -0.3 is 10.4 Å². The molecule has 3 rings (SSSR count). The van der Waals surface area contributed by atoms with Crippen molar-refractivity contribution in [2.75, 3.05) is 6.54 Å². The van der Waals surface area contributed by atoms with Gasteiger partial charge in [-0.1, -0.05) is 25.8 Å². The number of aliphatic hydroxyl groups is 1. The summed E-state index contributed by atoms with van der Waals surface area (Å²) in [5.74, 6) is 0.993. The van der Waals surface area contributed by atoms with E-state index in [4.69, 9.17) is 0 Å². The zero-order valence-corrected chi connectivity index (χ0v) is 15.1. The van der Waals surface area contributed by atoms with Gasteiger partial charge in [0.25, 0.3) is 5.91 Å². The SMILES string of the molecule is CC1CCC(C(C)(O)CNC(=O)c2ccc3c(c2)CCCC3)CC1. The lowest BCUT2D eigenvalue weighted by molar-refractivity contribution is -0.0191. The molecule has 0 aliphatic heterocycles. The zero-order valence-electron chi connectivity index (χ0n) is 15.1. The van der Waals surface area contributed by atoms with Crippen molar-refractivity contribution in [2.24, 2.45) is 11.8 Å². The molecule has 1 aromatic rings. The van der Waals surface area contributed by atoms with E-state index in [1.807, 2.05) is 19.1 Å². The fourth-order valence-electron chi connectivity index (χ4n) is 4.26. The molecular formula is C21H31NO2. The number of hydrogen-bond acceptors (Lipinski definition) is 2. The lowest BCUT2D eigenvalue weighted by Gasteiger charge is -2.37. The van der Waals surface area contributed by atoms with Gasteiger partial charge >= 0.3 is 0 Å². The summed E-state index contributed by atoms with van der Waals surface area (Å²) < 4.78 is 0. The maximum absolute atomic E-state index is 12.5. The van der Waals surface area contributed by atoms with Crippen molar-refractivity contribution in [2.45, 2.75) is 70.8 Å². The Balaban J connectivity index is 1.58. The van der Waals surface area contributed by atoms with E-state index in [1.54, 1.807) is 0 Å². The van der Waals surface area contributed by atoms with Crippen LogP contribution >= 0.6 is 0 Å². The summed E-state index contributed by atoms with van der Waals surface area (Å²) in [4.78, 5) is 12.5. The molecule has 1 fully saturated rings. The fourth-order valence-corrected chi connectivity index (χ4v) is 4.26. The van der Waals surface area contributed by atoms with Crippen molar-refractivity contribution >= 4 is 5.91 Å². The van der Waals surface area contributed by atoms with Gasteiger partial charge in [0.15, 0.2) is 0 Å². The summed E-state index contributed by atoms with van der Waals surface area (Å²) in [6.45, 7) is 4.49. The van der Waals surface area contributed by atoms with E-state index in [0.29, 0.717) is 6.54 Å². The maximum atomic E-state index is 12.5. The van der Waals surface area contributed by atoms with E-state index in [9.17, 15) is 9.90 Å². The summed E-state index contributed by atoms with van der Waals surface area (Å²) in [7, 11) is 0. The average molecular weight is 329 g/mol. The molecule has 0 heterocycles. The number of rotatable bonds is 4. The number of nitrogens with one attached hydrogen (secondary N) is 1. The molecule has 2 aliphatic carbocycles. The Hall–Kier alpha value is -1.35. The van der Waals surface area contributed by atoms with Crippen molar-refractivity contribution in [3.63, 3.8) is 0 Å². The smallest absolute Gasteiger partial charge is 0.251 e. The number of carbonyl (C=O) groups excluding carboxylic acids is 1. The molecule has 3 nitrogen and oxygen atoms in total. The van der Waals surface area contributed by atoms with E-state index >= 15 is 0 Å². The average Bonchev–Trinajstić information content (AvgIpc) is 2.59. The minimum atomic E-state index is -0.815. The maximum Gasteiger partial charge on any atom is 0.251 e. The second-order valence-corrected chi connectivity index (χ2v) is 8.19. The van der Waals surface area contributed by atoms with E-state index in [1.165, 1.54) is 36.8 Å². The second kappa shape index (κ2) is 7.26. The lowest BCUT2D eigenvalue weighted by Crippen LogP contribution is -2.47. The standard InChI is InChI=1S/C21H31NO2/c1-15-7-11-19(12-8-15)21(2,24)14-22-20(23)18-10-9-16-5-3-4-6-17(16)13-18/h9-10,13,15,19,24H,3-8,11-12,14H2,1-2H3,(H,22,23). The van der Waals surface area contributed by atoms with Gasteiger partial charge in [-0.2, -0.15) is 0 Å². The first-order valence-corrected chi connectivity index (χ1v) is 9.58. The molecule has 1 aromatic carbocycles. The fraction of sp³-hybridized carbons (Fsp3) is 0.667. The Bertz CT molecular complexity index is 586. The highest BCUT2D eigenvalue weighted by molar-refractivity contribution is 5.94. The number of hydrogen-bond donors (Lipinski definition) is 2. The van der Waals surface area contributed by atoms with Crippen LogP contribution in [0.2, 0.25) is 0 Å². The molecule has 0 saturated heterocycles. The first-order valence-electron chi connectivity index (χ1n) is 9.58. The van der Waals surface area contributed by atoms with Crippen LogP contribution in [-0.2, 0) is 12.8 Å². The molecule has 0 bridgehead atoms. The minimum absolute atomic E-state index is 0.0622. The lowest BCUT2D eigenvalue weighted by atomic mass is 9.74. The largest absolute Gasteiger partial charge is 0.388 e. The van der Waals surface area contributed by atoms with Crippen LogP contribution in [0.15, 0.2) is 18.2 Å². The first kappa shape index (κ1) is 17.5. The van der Waals surface area contributed by atoms with Gasteiger partial charge in [-0.05, 0) is 80.5 Å². The second-order valence-electron chi connectivity index (χ2n) is 8.19. The third-order valence-electron chi connectivity index (χ3n) is 6.11. The Morgan fingerprint density at radius 3 is 2.54 bits per heavy atom. The van der Waals surface area contributed by atoms with Crippen molar-refractivity contribution in [1.29, 1.82) is 0 Å². The van der Waals surface area contributed by atoms with Gasteiger partial charge in [0.1, 0.15) is 0 Å². The summed E-state index contributed by atoms with van der Waals surface area (Å²) in [6, 6.07) is 6.07. The minimum Gasteiger partial charge on any atom is -0.388 e. The molecule has 3 heteroatoms. The number of aryl methyl sites for hydroxylation is 2. The quantitative estimate of drug-likeness (QED) is 0.881. The third-order valence-corrected chi connectivity index (χ3v) is 6.11. The van der Waals surface area contributed by atoms with Gasteiger partial charge in [0, 0.05) is 12.1 Å². The number of carbonyl (C=O) groups is 1. The molecule has 0 aromatic heterocycles. The number of fused-ring (bicyclic) bond motifs is 1. The molecule has 24 heavy (non-hydrogen) atoms. The van der Waals surface area contributed by atoms with Crippen LogP contribution < -0.4 is 5.32 Å². The number of amides is 1. The number of benzene rings is 1. The van der Waals surface area contributed by atoms with Gasteiger partial charge in [-0.3, -0.25) is 4.79 Å². The summed E-state index contributed by atoms with van der Waals surface area (Å²) in [5, 5.41) is 13.8. The highest BCUT2D eigenvalue weighted by Crippen LogP contribution is 2.35. The Kier molecular flexibility index (Phi) is 5.29. The van der Waals surface area contributed by atoms with Crippen molar-refractivity contribution in [3.8, 4) is 0 Å². The normalized spacial score (nSPS) is 26.3. The predicted molar refractivity (Wildman–Crippen MR) is 97.2 cm³/mol. The van der Waals surface area contributed by atoms with Gasteiger partial charge in [-0.15, -0.1) is 0 Å². The molecule has 2 N–H and O–H groups in total. The zero-order chi connectivity index (χ0) is 17.2. The van der Waals surface area contributed by atoms with Gasteiger partial charge in [0.2, 0.25) is 0 Å². The van der Waals surface area contributed by atoms with Gasteiger partial charge in [0.05, 0.1) is 5.60 Å². The highest BCUT2D eigenvalue weighted by atomic mass is 16.3. The molecule has 1 saturated carbocycles. The molecule has 1 atom stereocenters. The van der Waals surface area contributed by atoms with E-state index < -0.39 is 5.60 Å². The summed E-state index contributed by atoms with van der Waals surface area (Å²) >= 11 is 0. The van der Waals surface area contributed by atoms with E-state index in [-0.39, 0.29) is 11.8 Å². The molecule has 132 valence electrons. The van der Waals surface area contributed by atoms with E-state index in [0.717, 1.165) is 37.2 Å². The highest BCUT2D eigenvalue weighted by Gasteiger charge is 2.34. The molecule has 0 spiro atoms. The Labute approximate surface area is 145 Å². The van der Waals surface area contributed by atoms with Crippen molar-refractivity contribution in [3.05, 3.63) is 34.9 Å². The molecule has 2 aliphatic rings.